The molecule has 3 nitrogen and oxygen atoms in total. The van der Waals surface area contributed by atoms with Crippen LogP contribution in [0.25, 0.3) is 0 Å². The van der Waals surface area contributed by atoms with E-state index in [0.29, 0.717) is 5.91 Å². The molecule has 0 saturated carbocycles. The number of carbonyl (C=O) groups excluding carboxylic acids is 1. The number of ether oxygens (including phenoxy) is 1. The third-order valence-corrected chi connectivity index (χ3v) is 4.99. The molecule has 0 radical (unpaired) electrons. The molecule has 4 heteroatoms. The van der Waals surface area contributed by atoms with E-state index in [1.807, 2.05) is 0 Å². The molecule has 0 aromatic rings. The molecule has 2 heterocycles. The Kier molecular flexibility index (Phi) is 4.86. The summed E-state index contributed by atoms with van der Waals surface area (Å²) in [6.07, 6.45) is 4.31. The lowest BCUT2D eigenvalue weighted by molar-refractivity contribution is -0.138. The first-order valence-electron chi connectivity index (χ1n) is 6.72. The van der Waals surface area contributed by atoms with E-state index >= 15 is 0 Å². The van der Waals surface area contributed by atoms with Gasteiger partial charge in [0, 0.05) is 25.0 Å². The summed E-state index contributed by atoms with van der Waals surface area (Å²) in [5.41, 5.74) is 0. The van der Waals surface area contributed by atoms with Gasteiger partial charge in [-0.3, -0.25) is 4.79 Å². The Hall–Kier alpha value is -0.0900. The summed E-state index contributed by atoms with van der Waals surface area (Å²) in [6, 6.07) is 0. The summed E-state index contributed by atoms with van der Waals surface area (Å²) in [6.45, 7) is 4.73. The van der Waals surface area contributed by atoms with Crippen molar-refractivity contribution in [3.63, 3.8) is 0 Å². The minimum atomic E-state index is 0.125. The van der Waals surface area contributed by atoms with E-state index in [1.54, 1.807) is 0 Å². The number of hydrogen-bond acceptors (Lipinski definition) is 2. The van der Waals surface area contributed by atoms with Crippen LogP contribution in [-0.2, 0) is 9.53 Å². The van der Waals surface area contributed by atoms with Crippen molar-refractivity contribution in [3.05, 3.63) is 0 Å². The van der Waals surface area contributed by atoms with Gasteiger partial charge in [-0.1, -0.05) is 22.9 Å². The number of amides is 1. The van der Waals surface area contributed by atoms with Crippen LogP contribution in [0.2, 0.25) is 0 Å². The Morgan fingerprint density at radius 2 is 2.06 bits per heavy atom. The van der Waals surface area contributed by atoms with Gasteiger partial charge in [-0.05, 0) is 31.6 Å². The lowest BCUT2D eigenvalue weighted by atomic mass is 9.94. The Morgan fingerprint density at radius 1 is 1.35 bits per heavy atom. The summed E-state index contributed by atoms with van der Waals surface area (Å²) in [4.78, 5) is 14.5. The number of alkyl halides is 1. The van der Waals surface area contributed by atoms with E-state index < -0.39 is 0 Å². The zero-order chi connectivity index (χ0) is 12.3. The zero-order valence-electron chi connectivity index (χ0n) is 10.5. The molecule has 2 unspecified atom stereocenters. The van der Waals surface area contributed by atoms with Crippen LogP contribution in [0.3, 0.4) is 0 Å². The van der Waals surface area contributed by atoms with Crippen molar-refractivity contribution in [1.82, 2.24) is 4.90 Å². The smallest absolute Gasteiger partial charge is 0.228 e. The molecule has 2 atom stereocenters. The maximum absolute atomic E-state index is 12.4. The molecule has 2 rings (SSSR count). The highest BCUT2D eigenvalue weighted by molar-refractivity contribution is 9.09. The average molecular weight is 304 g/mol. The van der Waals surface area contributed by atoms with Crippen molar-refractivity contribution >= 4 is 21.8 Å². The highest BCUT2D eigenvalue weighted by atomic mass is 79.9. The third-order valence-electron chi connectivity index (χ3n) is 4.07. The van der Waals surface area contributed by atoms with Gasteiger partial charge in [-0.2, -0.15) is 0 Å². The largest absolute Gasteiger partial charge is 0.377 e. The minimum absolute atomic E-state index is 0.125. The molecule has 0 N–H and O–H groups in total. The number of rotatable bonds is 3. The van der Waals surface area contributed by atoms with Gasteiger partial charge in [0.1, 0.15) is 0 Å². The number of halogens is 1. The first-order valence-corrected chi connectivity index (χ1v) is 7.84. The first kappa shape index (κ1) is 13.3. The van der Waals surface area contributed by atoms with Gasteiger partial charge in [0.05, 0.1) is 12.0 Å². The van der Waals surface area contributed by atoms with Crippen molar-refractivity contribution in [3.8, 4) is 0 Å². The number of likely N-dealkylation sites (tertiary alicyclic amines) is 1. The molecule has 17 heavy (non-hydrogen) atoms. The second-order valence-electron chi connectivity index (χ2n) is 5.14. The predicted molar refractivity (Wildman–Crippen MR) is 71.2 cm³/mol. The van der Waals surface area contributed by atoms with Crippen LogP contribution < -0.4 is 0 Å². The molecule has 0 bridgehead atoms. The third kappa shape index (κ3) is 3.02. The van der Waals surface area contributed by atoms with Crippen LogP contribution >= 0.6 is 15.9 Å². The van der Waals surface area contributed by atoms with Crippen LogP contribution in [0, 0.1) is 11.8 Å². The lowest BCUT2D eigenvalue weighted by Crippen LogP contribution is -2.43. The second-order valence-corrected chi connectivity index (χ2v) is 5.78. The van der Waals surface area contributed by atoms with Gasteiger partial charge in [0.25, 0.3) is 0 Å². The Balaban J connectivity index is 1.88. The predicted octanol–water partition coefficient (Wildman–Crippen LogP) is 2.44. The molecule has 2 fully saturated rings. The van der Waals surface area contributed by atoms with Crippen molar-refractivity contribution < 1.29 is 9.53 Å². The summed E-state index contributed by atoms with van der Waals surface area (Å²) < 4.78 is 5.61. The molecule has 0 aromatic carbocycles. The van der Waals surface area contributed by atoms with Crippen LogP contribution in [0.15, 0.2) is 0 Å². The van der Waals surface area contributed by atoms with E-state index in [0.717, 1.165) is 56.6 Å². The van der Waals surface area contributed by atoms with Crippen molar-refractivity contribution in [2.24, 2.45) is 11.8 Å². The molecule has 2 saturated heterocycles. The average Bonchev–Trinajstić information content (AvgIpc) is 2.86. The summed E-state index contributed by atoms with van der Waals surface area (Å²) >= 11 is 3.53. The lowest BCUT2D eigenvalue weighted by Gasteiger charge is -2.33. The summed E-state index contributed by atoms with van der Waals surface area (Å²) in [7, 11) is 0. The molecule has 0 spiro atoms. The van der Waals surface area contributed by atoms with Crippen LogP contribution in [0.5, 0.6) is 0 Å². The first-order chi connectivity index (χ1) is 8.26. The fourth-order valence-corrected chi connectivity index (χ4v) is 3.52. The second kappa shape index (κ2) is 6.19. The zero-order valence-corrected chi connectivity index (χ0v) is 12.1. The van der Waals surface area contributed by atoms with E-state index in [1.165, 1.54) is 0 Å². The SMILES string of the molecule is CCC1OCCC1C(=O)N1CCC(CBr)CC1. The summed E-state index contributed by atoms with van der Waals surface area (Å²) in [5, 5.41) is 1.07. The van der Waals surface area contributed by atoms with Gasteiger partial charge in [0.15, 0.2) is 0 Å². The summed E-state index contributed by atoms with van der Waals surface area (Å²) in [5.74, 6) is 1.21. The fourth-order valence-electron chi connectivity index (χ4n) is 2.88. The molecule has 0 aromatic heterocycles. The maximum atomic E-state index is 12.4. The van der Waals surface area contributed by atoms with Crippen LogP contribution in [0.4, 0.5) is 0 Å². The maximum Gasteiger partial charge on any atom is 0.228 e. The highest BCUT2D eigenvalue weighted by Gasteiger charge is 2.36. The highest BCUT2D eigenvalue weighted by Crippen LogP contribution is 2.27. The molecule has 2 aliphatic heterocycles. The van der Waals surface area contributed by atoms with E-state index in [4.69, 9.17) is 4.74 Å². The van der Waals surface area contributed by atoms with E-state index in [2.05, 4.69) is 27.8 Å². The quantitative estimate of drug-likeness (QED) is 0.750. The normalized spacial score (nSPS) is 30.8. The van der Waals surface area contributed by atoms with Gasteiger partial charge >= 0.3 is 0 Å². The van der Waals surface area contributed by atoms with Gasteiger partial charge < -0.3 is 9.64 Å². The number of nitrogens with zero attached hydrogens (tertiary/aromatic N) is 1. The molecule has 98 valence electrons. The monoisotopic (exact) mass is 303 g/mol. The van der Waals surface area contributed by atoms with Gasteiger partial charge in [-0.25, -0.2) is 0 Å². The number of piperidine rings is 1. The minimum Gasteiger partial charge on any atom is -0.377 e. The van der Waals surface area contributed by atoms with Gasteiger partial charge in [-0.15, -0.1) is 0 Å². The van der Waals surface area contributed by atoms with Crippen molar-refractivity contribution in [2.45, 2.75) is 38.7 Å². The van der Waals surface area contributed by atoms with Crippen molar-refractivity contribution in [2.75, 3.05) is 25.0 Å². The fraction of sp³-hybridized carbons (Fsp3) is 0.923. The standard InChI is InChI=1S/C13H22BrNO2/c1-2-12-11(5-8-17-12)13(16)15-6-3-10(9-14)4-7-15/h10-12H,2-9H2,1H3. The van der Waals surface area contributed by atoms with Crippen LogP contribution in [-0.4, -0.2) is 41.9 Å². The molecule has 1 amide bonds. The van der Waals surface area contributed by atoms with E-state index in [-0.39, 0.29) is 12.0 Å². The molecule has 0 aliphatic carbocycles. The molecule has 2 aliphatic rings. The van der Waals surface area contributed by atoms with Crippen molar-refractivity contribution in [1.29, 1.82) is 0 Å². The van der Waals surface area contributed by atoms with E-state index in [9.17, 15) is 4.79 Å². The topological polar surface area (TPSA) is 29.5 Å². The Labute approximate surface area is 112 Å². The number of carbonyl (C=O) groups is 1. The van der Waals surface area contributed by atoms with Crippen LogP contribution in [0.1, 0.15) is 32.6 Å². The Bertz CT molecular complexity index is 264. The van der Waals surface area contributed by atoms with Gasteiger partial charge in [0.2, 0.25) is 5.91 Å². The number of hydrogen-bond donors (Lipinski definition) is 0. The molecular formula is C13H22BrNO2. The Morgan fingerprint density at radius 3 is 2.65 bits per heavy atom. The molecular weight excluding hydrogens is 282 g/mol.